The second-order valence-corrected chi connectivity index (χ2v) is 4.81. The van der Waals surface area contributed by atoms with Crippen molar-refractivity contribution in [1.29, 1.82) is 0 Å². The van der Waals surface area contributed by atoms with Crippen LogP contribution in [0, 0.1) is 5.92 Å². The van der Waals surface area contributed by atoms with Gasteiger partial charge in [0.25, 0.3) is 0 Å². The second-order valence-electron chi connectivity index (χ2n) is 4.40. The molecule has 6 nitrogen and oxygen atoms in total. The molecule has 19 heavy (non-hydrogen) atoms. The maximum Gasteiger partial charge on any atom is 0.244 e. The molecule has 1 aliphatic rings. The second kappa shape index (κ2) is 7.96. The van der Waals surface area contributed by atoms with Gasteiger partial charge in [-0.05, 0) is 26.1 Å². The minimum atomic E-state index is -0.868. The summed E-state index contributed by atoms with van der Waals surface area (Å²) in [6.45, 7) is 8.20. The Morgan fingerprint density at radius 2 is 1.84 bits per heavy atom. The van der Waals surface area contributed by atoms with Crippen LogP contribution in [-0.2, 0) is 9.59 Å². The van der Waals surface area contributed by atoms with Gasteiger partial charge >= 0.3 is 0 Å². The van der Waals surface area contributed by atoms with Gasteiger partial charge in [-0.2, -0.15) is 0 Å². The lowest BCUT2D eigenvalue weighted by Gasteiger charge is -2.19. The molecule has 3 N–H and O–H groups in total. The van der Waals surface area contributed by atoms with Gasteiger partial charge in [0.05, 0.1) is 19.6 Å². The van der Waals surface area contributed by atoms with Crippen molar-refractivity contribution in [2.45, 2.75) is 20.3 Å². The first-order valence-electron chi connectivity index (χ1n) is 6.57. The van der Waals surface area contributed by atoms with E-state index in [-0.39, 0.29) is 5.11 Å². The highest BCUT2D eigenvalue weighted by atomic mass is 32.1. The van der Waals surface area contributed by atoms with Gasteiger partial charge < -0.3 is 15.5 Å². The fraction of sp³-hybridized carbons (Fsp3) is 0.667. The number of quaternary nitrogens is 1. The van der Waals surface area contributed by atoms with Crippen molar-refractivity contribution in [3.05, 3.63) is 0 Å². The molecule has 1 heterocycles. The molecule has 0 unspecified atom stereocenters. The number of hydrogen-bond donors (Lipinski definition) is 3. The first-order valence-corrected chi connectivity index (χ1v) is 6.98. The molecule has 0 aromatic rings. The zero-order valence-electron chi connectivity index (χ0n) is 11.4. The van der Waals surface area contributed by atoms with E-state index in [4.69, 9.17) is 12.2 Å². The predicted molar refractivity (Wildman–Crippen MR) is 77.3 cm³/mol. The van der Waals surface area contributed by atoms with Crippen LogP contribution < -0.4 is 15.5 Å². The number of carbonyl (C=O) groups excluding carboxylic acids is 2. The zero-order valence-corrected chi connectivity index (χ0v) is 12.2. The standard InChI is InChI=1S/C12H20N4O2S/c1-3-16(4-2)7-5-6-13-8-9-10(17)14-12(19)15-11(9)18/h8-9H,3-7H2,1-2H3,(H2,14,15,17,18,19)/p+1. The van der Waals surface area contributed by atoms with Crippen LogP contribution in [0.15, 0.2) is 4.99 Å². The summed E-state index contributed by atoms with van der Waals surface area (Å²) in [5.74, 6) is -1.69. The van der Waals surface area contributed by atoms with Crippen molar-refractivity contribution >= 4 is 35.4 Å². The lowest BCUT2D eigenvalue weighted by molar-refractivity contribution is -0.896. The predicted octanol–water partition coefficient (Wildman–Crippen LogP) is -1.48. The highest BCUT2D eigenvalue weighted by molar-refractivity contribution is 7.80. The number of nitrogens with one attached hydrogen (secondary N) is 3. The quantitative estimate of drug-likeness (QED) is 0.231. The molecule has 7 heteroatoms. The number of rotatable bonds is 7. The third-order valence-electron chi connectivity index (χ3n) is 3.11. The van der Waals surface area contributed by atoms with Crippen LogP contribution in [0.2, 0.25) is 0 Å². The third-order valence-corrected chi connectivity index (χ3v) is 3.31. The van der Waals surface area contributed by atoms with E-state index in [0.29, 0.717) is 6.54 Å². The van der Waals surface area contributed by atoms with Crippen molar-refractivity contribution < 1.29 is 14.5 Å². The maximum absolute atomic E-state index is 11.5. The van der Waals surface area contributed by atoms with Crippen LogP contribution >= 0.6 is 12.2 Å². The topological polar surface area (TPSA) is 75.0 Å². The Hall–Kier alpha value is -1.34. The summed E-state index contributed by atoms with van der Waals surface area (Å²) >= 11 is 4.71. The van der Waals surface area contributed by atoms with Gasteiger partial charge in [0.1, 0.15) is 0 Å². The molecule has 2 amide bonds. The van der Waals surface area contributed by atoms with Gasteiger partial charge in [-0.15, -0.1) is 0 Å². The average molecular weight is 285 g/mol. The number of nitrogens with zero attached hydrogens (tertiary/aromatic N) is 1. The molecule has 0 saturated carbocycles. The van der Waals surface area contributed by atoms with E-state index in [2.05, 4.69) is 29.5 Å². The van der Waals surface area contributed by atoms with Gasteiger partial charge in [-0.25, -0.2) is 0 Å². The Labute approximate surface area is 118 Å². The number of amides is 2. The van der Waals surface area contributed by atoms with E-state index in [1.54, 1.807) is 0 Å². The Bertz CT molecular complexity index is 360. The van der Waals surface area contributed by atoms with E-state index in [0.717, 1.165) is 26.1 Å². The molecule has 0 aliphatic carbocycles. The van der Waals surface area contributed by atoms with Gasteiger partial charge in [-0.1, -0.05) is 0 Å². The van der Waals surface area contributed by atoms with Crippen LogP contribution in [-0.4, -0.2) is 49.3 Å². The number of carbonyl (C=O) groups is 2. The van der Waals surface area contributed by atoms with Crippen LogP contribution in [0.25, 0.3) is 0 Å². The SMILES string of the molecule is CC[NH+](CC)CCCN=CC1C(=O)NC(=S)NC1=O. The van der Waals surface area contributed by atoms with Crippen molar-refractivity contribution in [3.8, 4) is 0 Å². The highest BCUT2D eigenvalue weighted by Gasteiger charge is 2.30. The Balaban J connectivity index is 2.34. The molecule has 0 radical (unpaired) electrons. The number of aliphatic imine (C=N–C) groups is 1. The van der Waals surface area contributed by atoms with Crippen molar-refractivity contribution in [2.75, 3.05) is 26.2 Å². The minimum absolute atomic E-state index is 0.0600. The van der Waals surface area contributed by atoms with Gasteiger partial charge in [0, 0.05) is 19.2 Å². The third kappa shape index (κ3) is 5.04. The highest BCUT2D eigenvalue weighted by Crippen LogP contribution is 1.99. The van der Waals surface area contributed by atoms with Crippen molar-refractivity contribution in [3.63, 3.8) is 0 Å². The Morgan fingerprint density at radius 3 is 2.37 bits per heavy atom. The first-order chi connectivity index (χ1) is 9.08. The molecule has 0 aromatic heterocycles. The van der Waals surface area contributed by atoms with E-state index >= 15 is 0 Å². The number of thiocarbonyl (C=S) groups is 1. The summed E-state index contributed by atoms with van der Waals surface area (Å²) in [5, 5.41) is 4.86. The van der Waals surface area contributed by atoms with Crippen LogP contribution in [0.1, 0.15) is 20.3 Å². The van der Waals surface area contributed by atoms with Crippen LogP contribution in [0.5, 0.6) is 0 Å². The molecule has 106 valence electrons. The Kier molecular flexibility index (Phi) is 6.58. The van der Waals surface area contributed by atoms with Crippen molar-refractivity contribution in [1.82, 2.24) is 10.6 Å². The molecule has 1 saturated heterocycles. The summed E-state index contributed by atoms with van der Waals surface area (Å²) in [5.41, 5.74) is 0. The molecular weight excluding hydrogens is 264 g/mol. The summed E-state index contributed by atoms with van der Waals surface area (Å²) in [6, 6.07) is 0. The summed E-state index contributed by atoms with van der Waals surface area (Å²) in [7, 11) is 0. The molecule has 1 aliphatic heterocycles. The fourth-order valence-corrected chi connectivity index (χ4v) is 2.07. The zero-order chi connectivity index (χ0) is 14.3. The molecule has 0 spiro atoms. The van der Waals surface area contributed by atoms with Crippen molar-refractivity contribution in [2.24, 2.45) is 10.9 Å². The van der Waals surface area contributed by atoms with Gasteiger partial charge in [-0.3, -0.25) is 14.6 Å². The number of hydrogen-bond acceptors (Lipinski definition) is 4. The average Bonchev–Trinajstić information content (AvgIpc) is 2.36. The van der Waals surface area contributed by atoms with Gasteiger partial charge in [0.2, 0.25) is 11.8 Å². The van der Waals surface area contributed by atoms with E-state index in [1.165, 1.54) is 11.1 Å². The largest absolute Gasteiger partial charge is 0.335 e. The Morgan fingerprint density at radius 1 is 1.26 bits per heavy atom. The molecule has 0 bridgehead atoms. The van der Waals surface area contributed by atoms with Crippen LogP contribution in [0.3, 0.4) is 0 Å². The monoisotopic (exact) mass is 285 g/mol. The molecule has 0 atom stereocenters. The smallest absolute Gasteiger partial charge is 0.244 e. The summed E-state index contributed by atoms with van der Waals surface area (Å²) in [6.07, 6.45) is 2.35. The fourth-order valence-electron chi connectivity index (χ4n) is 1.87. The summed E-state index contributed by atoms with van der Waals surface area (Å²) < 4.78 is 0. The van der Waals surface area contributed by atoms with E-state index in [9.17, 15) is 9.59 Å². The minimum Gasteiger partial charge on any atom is -0.335 e. The molecule has 0 aromatic carbocycles. The van der Waals surface area contributed by atoms with E-state index < -0.39 is 17.7 Å². The first kappa shape index (κ1) is 15.7. The maximum atomic E-state index is 11.5. The van der Waals surface area contributed by atoms with Crippen LogP contribution in [0.4, 0.5) is 0 Å². The lowest BCUT2D eigenvalue weighted by atomic mass is 10.1. The van der Waals surface area contributed by atoms with E-state index in [1.807, 2.05) is 0 Å². The lowest BCUT2D eigenvalue weighted by Crippen LogP contribution is -3.11. The normalized spacial score (nSPS) is 17.1. The summed E-state index contributed by atoms with van der Waals surface area (Å²) in [4.78, 5) is 28.7. The molecule has 1 fully saturated rings. The molecule has 1 rings (SSSR count). The molecular formula is C12H21N4O2S+. The van der Waals surface area contributed by atoms with Gasteiger partial charge in [0.15, 0.2) is 11.0 Å².